The van der Waals surface area contributed by atoms with Gasteiger partial charge in [0.2, 0.25) is 5.82 Å². The maximum absolute atomic E-state index is 12.8. The first-order valence-corrected chi connectivity index (χ1v) is 12.0. The summed E-state index contributed by atoms with van der Waals surface area (Å²) in [4.78, 5) is 21.5. The van der Waals surface area contributed by atoms with Crippen molar-refractivity contribution in [3.05, 3.63) is 77.9 Å². The smallest absolute Gasteiger partial charge is 0.322 e. The number of hydrogen-bond acceptors (Lipinski definition) is 6. The van der Waals surface area contributed by atoms with E-state index in [4.69, 9.17) is 9.26 Å². The largest absolute Gasteiger partial charge is 0.495 e. The predicted octanol–water partition coefficient (Wildman–Crippen LogP) is 5.38. The van der Waals surface area contributed by atoms with Gasteiger partial charge in [-0.3, -0.25) is 0 Å². The molecule has 0 spiro atoms. The van der Waals surface area contributed by atoms with Crippen LogP contribution in [0.15, 0.2) is 71.3 Å². The van der Waals surface area contributed by atoms with Crippen molar-refractivity contribution < 1.29 is 14.1 Å². The van der Waals surface area contributed by atoms with E-state index in [2.05, 4.69) is 32.5 Å². The Morgan fingerprint density at radius 2 is 1.56 bits per heavy atom. The second-order valence-electron chi connectivity index (χ2n) is 8.94. The van der Waals surface area contributed by atoms with E-state index >= 15 is 0 Å². The summed E-state index contributed by atoms with van der Waals surface area (Å²) in [5.74, 6) is 1.72. The molecule has 1 aromatic heterocycles. The monoisotopic (exact) mass is 483 g/mol. The Morgan fingerprint density at radius 3 is 2.25 bits per heavy atom. The Hall–Kier alpha value is -4.33. The van der Waals surface area contributed by atoms with Crippen LogP contribution in [0.3, 0.4) is 0 Å². The fraction of sp³-hybridized carbons (Fsp3) is 0.250. The zero-order valence-corrected chi connectivity index (χ0v) is 20.7. The normalized spacial score (nSPS) is 13.5. The van der Waals surface area contributed by atoms with Crippen LogP contribution in [-0.2, 0) is 0 Å². The molecule has 1 aliphatic rings. The fourth-order valence-electron chi connectivity index (χ4n) is 4.26. The number of nitrogens with zero attached hydrogens (tertiary/aromatic N) is 4. The van der Waals surface area contributed by atoms with Crippen molar-refractivity contribution in [1.29, 1.82) is 0 Å². The molecule has 184 valence electrons. The summed E-state index contributed by atoms with van der Waals surface area (Å²) in [6, 6.07) is 21.8. The first-order valence-electron chi connectivity index (χ1n) is 12.0. The predicted molar refractivity (Wildman–Crippen MR) is 140 cm³/mol. The van der Waals surface area contributed by atoms with Crippen molar-refractivity contribution in [2.45, 2.75) is 13.8 Å². The lowest BCUT2D eigenvalue weighted by Crippen LogP contribution is -2.50. The molecule has 0 radical (unpaired) electrons. The van der Waals surface area contributed by atoms with Crippen LogP contribution < -0.4 is 15.0 Å². The van der Waals surface area contributed by atoms with Gasteiger partial charge in [0.05, 0.1) is 12.8 Å². The number of urea groups is 1. The van der Waals surface area contributed by atoms with Crippen molar-refractivity contribution >= 4 is 17.4 Å². The summed E-state index contributed by atoms with van der Waals surface area (Å²) in [6.45, 7) is 6.79. The Bertz CT molecular complexity index is 1340. The molecule has 8 heteroatoms. The van der Waals surface area contributed by atoms with Crippen LogP contribution in [0.5, 0.6) is 5.75 Å². The molecule has 2 amide bonds. The van der Waals surface area contributed by atoms with Gasteiger partial charge >= 0.3 is 6.03 Å². The van der Waals surface area contributed by atoms with E-state index in [1.807, 2.05) is 73.3 Å². The first kappa shape index (κ1) is 23.4. The highest BCUT2D eigenvalue weighted by Crippen LogP contribution is 2.27. The lowest BCUT2D eigenvalue weighted by Gasteiger charge is -2.36. The van der Waals surface area contributed by atoms with E-state index in [-0.39, 0.29) is 6.03 Å². The van der Waals surface area contributed by atoms with Gasteiger partial charge in [0.15, 0.2) is 0 Å². The molecule has 1 aliphatic heterocycles. The average Bonchev–Trinajstić information content (AvgIpc) is 3.40. The number of piperazine rings is 1. The van der Waals surface area contributed by atoms with E-state index in [0.29, 0.717) is 36.2 Å². The molecule has 1 saturated heterocycles. The lowest BCUT2D eigenvalue weighted by atomic mass is 10.1. The molecule has 1 N–H and O–H groups in total. The van der Waals surface area contributed by atoms with E-state index in [1.165, 1.54) is 5.56 Å². The zero-order valence-electron chi connectivity index (χ0n) is 20.7. The summed E-state index contributed by atoms with van der Waals surface area (Å²) < 4.78 is 10.8. The molecule has 4 aromatic rings. The molecule has 5 rings (SSSR count). The number of nitrogens with one attached hydrogen (secondary N) is 1. The molecule has 8 nitrogen and oxygen atoms in total. The molecule has 0 saturated carbocycles. The van der Waals surface area contributed by atoms with Gasteiger partial charge < -0.3 is 24.4 Å². The molecule has 0 aliphatic carbocycles. The molecule has 0 bridgehead atoms. The number of carbonyl (C=O) groups excluding carboxylic acids is 1. The Balaban J connectivity index is 1.19. The number of aryl methyl sites for hydroxylation is 2. The SMILES string of the molecule is COc1ccc(C)cc1NC(=O)N1CCN(c2ccc(-c3noc(-c4ccc(C)cc4)n3)cc2)CC1. The van der Waals surface area contributed by atoms with Crippen LogP contribution in [0.4, 0.5) is 16.2 Å². The minimum Gasteiger partial charge on any atom is -0.495 e. The van der Waals surface area contributed by atoms with Crippen LogP contribution >= 0.6 is 0 Å². The highest BCUT2D eigenvalue weighted by atomic mass is 16.5. The Kier molecular flexibility index (Phi) is 6.58. The van der Waals surface area contributed by atoms with Gasteiger partial charge in [-0.2, -0.15) is 4.98 Å². The number of amides is 2. The first-order chi connectivity index (χ1) is 17.5. The number of benzene rings is 3. The average molecular weight is 484 g/mol. The second-order valence-corrected chi connectivity index (χ2v) is 8.94. The van der Waals surface area contributed by atoms with Crippen molar-refractivity contribution in [2.24, 2.45) is 0 Å². The van der Waals surface area contributed by atoms with E-state index in [0.717, 1.165) is 35.5 Å². The third-order valence-corrected chi connectivity index (χ3v) is 6.38. The quantitative estimate of drug-likeness (QED) is 0.410. The minimum absolute atomic E-state index is 0.115. The second kappa shape index (κ2) is 10.1. The molecule has 3 aromatic carbocycles. The number of anilines is 2. The number of methoxy groups -OCH3 is 1. The summed E-state index contributed by atoms with van der Waals surface area (Å²) in [6.07, 6.45) is 0. The molecule has 2 heterocycles. The van der Waals surface area contributed by atoms with Gasteiger partial charge in [-0.25, -0.2) is 4.79 Å². The molecular formula is C28H29N5O3. The van der Waals surface area contributed by atoms with Gasteiger partial charge in [-0.15, -0.1) is 0 Å². The van der Waals surface area contributed by atoms with Crippen molar-refractivity contribution in [2.75, 3.05) is 43.5 Å². The van der Waals surface area contributed by atoms with Gasteiger partial charge in [0.25, 0.3) is 5.89 Å². The maximum Gasteiger partial charge on any atom is 0.322 e. The fourth-order valence-corrected chi connectivity index (χ4v) is 4.26. The third kappa shape index (κ3) is 5.02. The van der Waals surface area contributed by atoms with Crippen LogP contribution in [0.1, 0.15) is 11.1 Å². The van der Waals surface area contributed by atoms with Crippen LogP contribution in [0, 0.1) is 13.8 Å². The number of ether oxygens (including phenoxy) is 1. The highest BCUT2D eigenvalue weighted by Gasteiger charge is 2.22. The van der Waals surface area contributed by atoms with E-state index < -0.39 is 0 Å². The van der Waals surface area contributed by atoms with Crippen molar-refractivity contribution in [1.82, 2.24) is 15.0 Å². The number of hydrogen-bond donors (Lipinski definition) is 1. The van der Waals surface area contributed by atoms with Crippen LogP contribution in [0.25, 0.3) is 22.8 Å². The van der Waals surface area contributed by atoms with Gasteiger partial charge in [-0.05, 0) is 67.9 Å². The van der Waals surface area contributed by atoms with Gasteiger partial charge in [0.1, 0.15) is 5.75 Å². The molecule has 1 fully saturated rings. The minimum atomic E-state index is -0.115. The maximum atomic E-state index is 12.8. The molecule has 0 unspecified atom stereocenters. The summed E-state index contributed by atoms with van der Waals surface area (Å²) in [5, 5.41) is 7.14. The van der Waals surface area contributed by atoms with Crippen LogP contribution in [-0.4, -0.2) is 54.4 Å². The highest BCUT2D eigenvalue weighted by molar-refractivity contribution is 5.91. The topological polar surface area (TPSA) is 83.7 Å². The molecule has 0 atom stereocenters. The summed E-state index contributed by atoms with van der Waals surface area (Å²) in [5.41, 5.74) is 5.83. The van der Waals surface area contributed by atoms with Gasteiger partial charge in [-0.1, -0.05) is 28.9 Å². The van der Waals surface area contributed by atoms with E-state index in [1.54, 1.807) is 7.11 Å². The third-order valence-electron chi connectivity index (χ3n) is 6.38. The summed E-state index contributed by atoms with van der Waals surface area (Å²) in [7, 11) is 1.60. The number of rotatable bonds is 5. The molecule has 36 heavy (non-hydrogen) atoms. The van der Waals surface area contributed by atoms with Crippen LogP contribution in [0.2, 0.25) is 0 Å². The summed E-state index contributed by atoms with van der Waals surface area (Å²) >= 11 is 0. The number of carbonyl (C=O) groups is 1. The van der Waals surface area contributed by atoms with Gasteiger partial charge in [0, 0.05) is 43.0 Å². The zero-order chi connectivity index (χ0) is 25.1. The Morgan fingerprint density at radius 1 is 0.889 bits per heavy atom. The van der Waals surface area contributed by atoms with Crippen molar-refractivity contribution in [3.63, 3.8) is 0 Å². The standard InChI is InChI=1S/C28H29N5O3/c1-19-4-7-22(8-5-19)27-30-26(31-36-27)21-9-11-23(12-10-21)32-14-16-33(17-15-32)28(34)29-24-18-20(2)6-13-25(24)35-3/h4-13,18H,14-17H2,1-3H3,(H,29,34). The van der Waals surface area contributed by atoms with Crippen molar-refractivity contribution in [3.8, 4) is 28.6 Å². The van der Waals surface area contributed by atoms with E-state index in [9.17, 15) is 4.79 Å². The Labute approximate surface area is 210 Å². The lowest BCUT2D eigenvalue weighted by molar-refractivity contribution is 0.208. The molecular weight excluding hydrogens is 454 g/mol. The number of aromatic nitrogens is 2.